The monoisotopic (exact) mass is 245 g/mol. The molecule has 0 aliphatic rings. The number of aromatic nitrogens is 1. The van der Waals surface area contributed by atoms with Crippen LogP contribution in [0.5, 0.6) is 0 Å². The van der Waals surface area contributed by atoms with Gasteiger partial charge in [0.15, 0.2) is 0 Å². The highest BCUT2D eigenvalue weighted by atomic mass is 16.5. The van der Waals surface area contributed by atoms with Crippen LogP contribution in [0.25, 0.3) is 0 Å². The summed E-state index contributed by atoms with van der Waals surface area (Å²) in [5, 5.41) is 6.18. The van der Waals surface area contributed by atoms with Gasteiger partial charge in [0.1, 0.15) is 11.3 Å². The second-order valence-electron chi connectivity index (χ2n) is 3.69. The summed E-state index contributed by atoms with van der Waals surface area (Å²) in [5.74, 6) is -0.385. The van der Waals surface area contributed by atoms with Gasteiger partial charge in [-0.1, -0.05) is 5.16 Å². The fourth-order valence-corrected chi connectivity index (χ4v) is 1.43. The third-order valence-electron chi connectivity index (χ3n) is 2.42. The number of hydrogen-bond donors (Lipinski definition) is 2. The smallest absolute Gasteiger partial charge is 0.260 e. The molecule has 0 spiro atoms. The van der Waals surface area contributed by atoms with Crippen molar-refractivity contribution in [3.05, 3.63) is 47.3 Å². The van der Waals surface area contributed by atoms with Crippen LogP contribution in [0, 0.1) is 6.92 Å². The first-order valence-electron chi connectivity index (χ1n) is 5.20. The highest BCUT2D eigenvalue weighted by Crippen LogP contribution is 2.12. The lowest BCUT2D eigenvalue weighted by molar-refractivity contribution is 0.0998. The molecule has 1 aromatic heterocycles. The molecule has 0 saturated carbocycles. The Morgan fingerprint density at radius 3 is 2.44 bits per heavy atom. The molecule has 6 nitrogen and oxygen atoms in total. The normalized spacial score (nSPS) is 10.1. The number of primary amides is 1. The highest BCUT2D eigenvalue weighted by Gasteiger charge is 2.12. The van der Waals surface area contributed by atoms with Crippen LogP contribution >= 0.6 is 0 Å². The first-order valence-corrected chi connectivity index (χ1v) is 5.20. The van der Waals surface area contributed by atoms with Gasteiger partial charge in [0.2, 0.25) is 5.91 Å². The van der Waals surface area contributed by atoms with Crippen molar-refractivity contribution in [1.29, 1.82) is 0 Å². The van der Waals surface area contributed by atoms with Crippen LogP contribution in [-0.4, -0.2) is 17.0 Å². The van der Waals surface area contributed by atoms with Crippen LogP contribution in [0.1, 0.15) is 26.5 Å². The zero-order chi connectivity index (χ0) is 13.1. The molecule has 0 bridgehead atoms. The number of nitrogens with two attached hydrogens (primary N) is 1. The van der Waals surface area contributed by atoms with Crippen molar-refractivity contribution in [2.75, 3.05) is 5.32 Å². The fourth-order valence-electron chi connectivity index (χ4n) is 1.43. The Balaban J connectivity index is 2.13. The molecule has 0 aliphatic heterocycles. The van der Waals surface area contributed by atoms with Crippen molar-refractivity contribution >= 4 is 17.5 Å². The maximum absolute atomic E-state index is 11.8. The molecule has 0 fully saturated rings. The van der Waals surface area contributed by atoms with Crippen LogP contribution in [-0.2, 0) is 0 Å². The van der Waals surface area contributed by atoms with E-state index >= 15 is 0 Å². The Kier molecular flexibility index (Phi) is 3.09. The minimum Gasteiger partial charge on any atom is -0.366 e. The molecule has 2 aromatic rings. The third-order valence-corrected chi connectivity index (χ3v) is 2.42. The van der Waals surface area contributed by atoms with E-state index in [2.05, 4.69) is 10.5 Å². The van der Waals surface area contributed by atoms with E-state index in [0.29, 0.717) is 22.6 Å². The predicted molar refractivity (Wildman–Crippen MR) is 64.2 cm³/mol. The average Bonchev–Trinajstić information content (AvgIpc) is 2.76. The van der Waals surface area contributed by atoms with Crippen molar-refractivity contribution in [1.82, 2.24) is 5.16 Å². The summed E-state index contributed by atoms with van der Waals surface area (Å²) in [7, 11) is 0. The Bertz CT molecular complexity index is 587. The quantitative estimate of drug-likeness (QED) is 0.852. The zero-order valence-corrected chi connectivity index (χ0v) is 9.64. The first kappa shape index (κ1) is 11.8. The Hall–Kier alpha value is -2.63. The minimum atomic E-state index is -0.511. The number of nitrogens with one attached hydrogen (secondary N) is 1. The summed E-state index contributed by atoms with van der Waals surface area (Å²) < 4.78 is 4.80. The molecule has 1 heterocycles. The van der Waals surface area contributed by atoms with Gasteiger partial charge in [-0.3, -0.25) is 9.59 Å². The van der Waals surface area contributed by atoms with E-state index in [0.717, 1.165) is 0 Å². The van der Waals surface area contributed by atoms with Gasteiger partial charge in [0.05, 0.1) is 6.20 Å². The average molecular weight is 245 g/mol. The second-order valence-corrected chi connectivity index (χ2v) is 3.69. The molecule has 1 aromatic carbocycles. The number of carbonyl (C=O) groups excluding carboxylic acids is 2. The van der Waals surface area contributed by atoms with Crippen molar-refractivity contribution in [3.8, 4) is 0 Å². The van der Waals surface area contributed by atoms with Gasteiger partial charge >= 0.3 is 0 Å². The molecule has 2 rings (SSSR count). The topological polar surface area (TPSA) is 98.2 Å². The molecule has 0 unspecified atom stereocenters. The number of aryl methyl sites for hydroxylation is 1. The maximum Gasteiger partial charge on any atom is 0.260 e. The number of nitrogens with zero attached hydrogens (tertiary/aromatic N) is 1. The number of carbonyl (C=O) groups is 2. The van der Waals surface area contributed by atoms with E-state index in [1.165, 1.54) is 6.20 Å². The van der Waals surface area contributed by atoms with Crippen LogP contribution in [0.15, 0.2) is 35.0 Å². The summed E-state index contributed by atoms with van der Waals surface area (Å²) in [6.45, 7) is 1.65. The second kappa shape index (κ2) is 4.70. The van der Waals surface area contributed by atoms with Crippen LogP contribution in [0.4, 0.5) is 5.69 Å². The number of benzene rings is 1. The van der Waals surface area contributed by atoms with Gasteiger partial charge in [-0.2, -0.15) is 0 Å². The lowest BCUT2D eigenvalue weighted by atomic mass is 10.2. The SMILES string of the molecule is Cc1oncc1C(=O)Nc1ccc(C(N)=O)cc1. The fraction of sp³-hybridized carbons (Fsp3) is 0.0833. The van der Waals surface area contributed by atoms with E-state index in [1.54, 1.807) is 31.2 Å². The van der Waals surface area contributed by atoms with E-state index < -0.39 is 5.91 Å². The molecule has 6 heteroatoms. The van der Waals surface area contributed by atoms with Crippen molar-refractivity contribution in [2.45, 2.75) is 6.92 Å². The van der Waals surface area contributed by atoms with E-state index in [9.17, 15) is 9.59 Å². The number of amides is 2. The molecule has 18 heavy (non-hydrogen) atoms. The summed E-state index contributed by atoms with van der Waals surface area (Å²) in [6, 6.07) is 6.28. The molecular formula is C12H11N3O3. The van der Waals surface area contributed by atoms with Crippen molar-refractivity contribution in [3.63, 3.8) is 0 Å². The Morgan fingerprint density at radius 1 is 1.28 bits per heavy atom. The van der Waals surface area contributed by atoms with Gasteiger partial charge < -0.3 is 15.6 Å². The van der Waals surface area contributed by atoms with E-state index in [4.69, 9.17) is 10.3 Å². The maximum atomic E-state index is 11.8. The Morgan fingerprint density at radius 2 is 1.94 bits per heavy atom. The standard InChI is InChI=1S/C12H11N3O3/c1-7-10(6-14-18-7)12(17)15-9-4-2-8(3-5-9)11(13)16/h2-6H,1H3,(H2,13,16)(H,15,17). The molecule has 2 amide bonds. The van der Waals surface area contributed by atoms with Crippen molar-refractivity contribution in [2.24, 2.45) is 5.73 Å². The third kappa shape index (κ3) is 2.37. The van der Waals surface area contributed by atoms with Crippen LogP contribution in [0.2, 0.25) is 0 Å². The largest absolute Gasteiger partial charge is 0.366 e. The molecule has 3 N–H and O–H groups in total. The Labute approximate surface area is 103 Å². The molecule has 92 valence electrons. The van der Waals surface area contributed by atoms with Crippen molar-refractivity contribution < 1.29 is 14.1 Å². The molecule has 0 atom stereocenters. The lowest BCUT2D eigenvalue weighted by Gasteiger charge is -2.04. The van der Waals surface area contributed by atoms with Gasteiger partial charge in [-0.05, 0) is 31.2 Å². The summed E-state index contributed by atoms with van der Waals surface area (Å²) in [6.07, 6.45) is 1.35. The summed E-state index contributed by atoms with van der Waals surface area (Å²) in [5.41, 5.74) is 6.43. The minimum absolute atomic E-state index is 0.319. The molecule has 0 aliphatic carbocycles. The van der Waals surface area contributed by atoms with E-state index in [1.807, 2.05) is 0 Å². The molecule has 0 saturated heterocycles. The first-order chi connectivity index (χ1) is 8.58. The predicted octanol–water partition coefficient (Wildman–Crippen LogP) is 1.33. The highest BCUT2D eigenvalue weighted by molar-refractivity contribution is 6.04. The van der Waals surface area contributed by atoms with Gasteiger partial charge in [-0.15, -0.1) is 0 Å². The molecular weight excluding hydrogens is 234 g/mol. The van der Waals surface area contributed by atoms with Crippen LogP contribution in [0.3, 0.4) is 0 Å². The van der Waals surface area contributed by atoms with Gasteiger partial charge in [-0.25, -0.2) is 0 Å². The zero-order valence-electron chi connectivity index (χ0n) is 9.64. The summed E-state index contributed by atoms with van der Waals surface area (Å²) in [4.78, 5) is 22.7. The van der Waals surface area contributed by atoms with Crippen LogP contribution < -0.4 is 11.1 Å². The number of anilines is 1. The number of hydrogen-bond acceptors (Lipinski definition) is 4. The molecule has 0 radical (unpaired) electrons. The van der Waals surface area contributed by atoms with Gasteiger partial charge in [0, 0.05) is 11.3 Å². The summed E-state index contributed by atoms with van der Waals surface area (Å²) >= 11 is 0. The number of rotatable bonds is 3. The van der Waals surface area contributed by atoms with Gasteiger partial charge in [0.25, 0.3) is 5.91 Å². The lowest BCUT2D eigenvalue weighted by Crippen LogP contribution is -2.13. The van der Waals surface area contributed by atoms with E-state index in [-0.39, 0.29) is 5.91 Å².